The lowest BCUT2D eigenvalue weighted by atomic mass is 10.1. The SMILES string of the molecule is CC(C)[C@@H](C)NC(=O)c1cc(-c2cc3ccccc3n2C)cc(C(=O)NCCc2ccccn2)n1. The number of pyridine rings is 2. The minimum absolute atomic E-state index is 0.0266. The molecule has 2 N–H and O–H groups in total. The van der Waals surface area contributed by atoms with Gasteiger partial charge in [0.05, 0.1) is 0 Å². The molecular formula is C28H31N5O2. The summed E-state index contributed by atoms with van der Waals surface area (Å²) in [7, 11) is 1.98. The van der Waals surface area contributed by atoms with Crippen LogP contribution in [-0.2, 0) is 13.5 Å². The first-order valence-corrected chi connectivity index (χ1v) is 11.9. The van der Waals surface area contributed by atoms with Gasteiger partial charge in [0.1, 0.15) is 11.4 Å². The molecule has 4 aromatic rings. The zero-order chi connectivity index (χ0) is 24.9. The molecule has 35 heavy (non-hydrogen) atoms. The van der Waals surface area contributed by atoms with E-state index in [0.717, 1.165) is 27.9 Å². The molecule has 0 aliphatic rings. The first kappa shape index (κ1) is 24.1. The summed E-state index contributed by atoms with van der Waals surface area (Å²) in [6, 6.07) is 19.3. The van der Waals surface area contributed by atoms with E-state index in [2.05, 4.69) is 31.2 Å². The lowest BCUT2D eigenvalue weighted by Crippen LogP contribution is -2.37. The number of nitrogens with zero attached hydrogens (tertiary/aromatic N) is 3. The molecule has 0 fully saturated rings. The van der Waals surface area contributed by atoms with Gasteiger partial charge in [-0.1, -0.05) is 38.1 Å². The van der Waals surface area contributed by atoms with Crippen LogP contribution in [0, 0.1) is 5.92 Å². The third-order valence-corrected chi connectivity index (χ3v) is 6.29. The molecule has 0 bridgehead atoms. The van der Waals surface area contributed by atoms with Crippen molar-refractivity contribution in [2.24, 2.45) is 13.0 Å². The monoisotopic (exact) mass is 469 g/mol. The topological polar surface area (TPSA) is 88.9 Å². The third-order valence-electron chi connectivity index (χ3n) is 6.29. The highest BCUT2D eigenvalue weighted by Gasteiger charge is 2.19. The fraction of sp³-hybridized carbons (Fsp3) is 0.286. The molecule has 0 unspecified atom stereocenters. The number of rotatable bonds is 8. The zero-order valence-electron chi connectivity index (χ0n) is 20.6. The van der Waals surface area contributed by atoms with Crippen molar-refractivity contribution >= 4 is 22.7 Å². The Morgan fingerprint density at radius 2 is 1.66 bits per heavy atom. The van der Waals surface area contributed by atoms with Gasteiger partial charge in [-0.3, -0.25) is 14.6 Å². The number of benzene rings is 1. The highest BCUT2D eigenvalue weighted by atomic mass is 16.2. The van der Waals surface area contributed by atoms with Crippen LogP contribution >= 0.6 is 0 Å². The maximum absolute atomic E-state index is 13.1. The van der Waals surface area contributed by atoms with Crippen LogP contribution in [0.5, 0.6) is 0 Å². The van der Waals surface area contributed by atoms with Crippen LogP contribution in [0.3, 0.4) is 0 Å². The third kappa shape index (κ3) is 5.57. The Morgan fingerprint density at radius 1 is 0.943 bits per heavy atom. The van der Waals surface area contributed by atoms with Gasteiger partial charge >= 0.3 is 0 Å². The average molecular weight is 470 g/mol. The van der Waals surface area contributed by atoms with Crippen molar-refractivity contribution in [3.63, 3.8) is 0 Å². The van der Waals surface area contributed by atoms with Gasteiger partial charge in [-0.25, -0.2) is 4.98 Å². The summed E-state index contributed by atoms with van der Waals surface area (Å²) in [4.78, 5) is 34.8. The van der Waals surface area contributed by atoms with Crippen molar-refractivity contribution in [1.29, 1.82) is 0 Å². The summed E-state index contributed by atoms with van der Waals surface area (Å²) in [5.41, 5.74) is 4.05. The van der Waals surface area contributed by atoms with Crippen LogP contribution in [0.15, 0.2) is 66.9 Å². The predicted molar refractivity (Wildman–Crippen MR) is 138 cm³/mol. The van der Waals surface area contributed by atoms with Crippen LogP contribution in [0.2, 0.25) is 0 Å². The Kier molecular flexibility index (Phi) is 7.25. The molecular weight excluding hydrogens is 438 g/mol. The van der Waals surface area contributed by atoms with Crippen molar-refractivity contribution in [3.8, 4) is 11.3 Å². The Balaban J connectivity index is 1.66. The predicted octanol–water partition coefficient (Wildman–Crippen LogP) is 4.38. The largest absolute Gasteiger partial charge is 0.350 e. The number of carbonyl (C=O) groups is 2. The van der Waals surface area contributed by atoms with E-state index in [1.165, 1.54) is 0 Å². The molecule has 3 heterocycles. The van der Waals surface area contributed by atoms with Gasteiger partial charge < -0.3 is 15.2 Å². The van der Waals surface area contributed by atoms with Crippen molar-refractivity contribution in [2.75, 3.05) is 6.54 Å². The van der Waals surface area contributed by atoms with Gasteiger partial charge in [-0.05, 0) is 49.2 Å². The first-order chi connectivity index (χ1) is 16.8. The lowest BCUT2D eigenvalue weighted by Gasteiger charge is -2.18. The van der Waals surface area contributed by atoms with Crippen molar-refractivity contribution in [3.05, 3.63) is 83.9 Å². The van der Waals surface area contributed by atoms with E-state index in [9.17, 15) is 9.59 Å². The number of aryl methyl sites for hydroxylation is 1. The summed E-state index contributed by atoms with van der Waals surface area (Å²) in [5, 5.41) is 7.00. The zero-order valence-corrected chi connectivity index (χ0v) is 20.6. The standard InChI is InChI=1S/C28H31N5O2/c1-18(2)19(3)31-28(35)24-16-21(26-17-20-9-5-6-11-25(20)33(26)4)15-23(32-24)27(34)30-14-12-22-10-7-8-13-29-22/h5-11,13,15-19H,12,14H2,1-4H3,(H,30,34)(H,31,35)/t19-/m1/s1. The van der Waals surface area contributed by atoms with Gasteiger partial charge in [-0.2, -0.15) is 0 Å². The molecule has 0 aliphatic heterocycles. The smallest absolute Gasteiger partial charge is 0.270 e. The van der Waals surface area contributed by atoms with Crippen LogP contribution in [0.25, 0.3) is 22.2 Å². The number of carbonyl (C=O) groups excluding carboxylic acids is 2. The Bertz CT molecular complexity index is 1340. The summed E-state index contributed by atoms with van der Waals surface area (Å²) < 4.78 is 2.06. The Morgan fingerprint density at radius 3 is 2.34 bits per heavy atom. The number of amides is 2. The van der Waals surface area contributed by atoms with Crippen LogP contribution in [0.4, 0.5) is 0 Å². The molecule has 3 aromatic heterocycles. The number of nitrogens with one attached hydrogen (secondary N) is 2. The van der Waals surface area contributed by atoms with E-state index < -0.39 is 0 Å². The number of hydrogen-bond acceptors (Lipinski definition) is 4. The van der Waals surface area contributed by atoms with Gasteiger partial charge in [0, 0.05) is 60.1 Å². The summed E-state index contributed by atoms with van der Waals surface area (Å²) >= 11 is 0. The number of fused-ring (bicyclic) bond motifs is 1. The molecule has 180 valence electrons. The molecule has 0 radical (unpaired) electrons. The van der Waals surface area contributed by atoms with Crippen LogP contribution in [-0.4, -0.2) is 38.9 Å². The average Bonchev–Trinajstić information content (AvgIpc) is 3.20. The number of hydrogen-bond donors (Lipinski definition) is 2. The summed E-state index contributed by atoms with van der Waals surface area (Å²) in [5.74, 6) is -0.350. The number of para-hydroxylation sites is 1. The lowest BCUT2D eigenvalue weighted by molar-refractivity contribution is 0.0924. The van der Waals surface area contributed by atoms with Crippen molar-refractivity contribution in [2.45, 2.75) is 33.2 Å². The molecule has 2 amide bonds. The van der Waals surface area contributed by atoms with E-state index in [1.807, 2.05) is 70.3 Å². The fourth-order valence-electron chi connectivity index (χ4n) is 3.87. The second kappa shape index (κ2) is 10.5. The van der Waals surface area contributed by atoms with E-state index >= 15 is 0 Å². The van der Waals surface area contributed by atoms with E-state index in [0.29, 0.717) is 13.0 Å². The molecule has 7 nitrogen and oxygen atoms in total. The summed E-state index contributed by atoms with van der Waals surface area (Å²) in [6.45, 7) is 6.47. The number of aromatic nitrogens is 3. The van der Waals surface area contributed by atoms with Gasteiger partial charge in [0.15, 0.2) is 0 Å². The second-order valence-corrected chi connectivity index (χ2v) is 9.11. The van der Waals surface area contributed by atoms with Crippen molar-refractivity contribution in [1.82, 2.24) is 25.2 Å². The summed E-state index contributed by atoms with van der Waals surface area (Å²) in [6.07, 6.45) is 2.34. The van der Waals surface area contributed by atoms with Gasteiger partial charge in [0.2, 0.25) is 0 Å². The quantitative estimate of drug-likeness (QED) is 0.401. The molecule has 1 aromatic carbocycles. The molecule has 1 atom stereocenters. The Hall–Kier alpha value is -4.00. The maximum atomic E-state index is 13.1. The van der Waals surface area contributed by atoms with Crippen LogP contribution < -0.4 is 10.6 Å². The second-order valence-electron chi connectivity index (χ2n) is 9.11. The van der Waals surface area contributed by atoms with Crippen molar-refractivity contribution < 1.29 is 9.59 Å². The molecule has 7 heteroatoms. The Labute approximate surface area is 205 Å². The first-order valence-electron chi connectivity index (χ1n) is 11.9. The molecule has 0 spiro atoms. The van der Waals surface area contributed by atoms with Gasteiger partial charge in [0.25, 0.3) is 11.8 Å². The fourth-order valence-corrected chi connectivity index (χ4v) is 3.87. The van der Waals surface area contributed by atoms with E-state index in [4.69, 9.17) is 0 Å². The minimum Gasteiger partial charge on any atom is -0.350 e. The minimum atomic E-state index is -0.326. The van der Waals surface area contributed by atoms with Crippen LogP contribution in [0.1, 0.15) is 47.4 Å². The molecule has 0 aliphatic carbocycles. The highest BCUT2D eigenvalue weighted by molar-refractivity contribution is 5.99. The molecule has 4 rings (SSSR count). The maximum Gasteiger partial charge on any atom is 0.270 e. The van der Waals surface area contributed by atoms with E-state index in [1.54, 1.807) is 18.3 Å². The van der Waals surface area contributed by atoms with E-state index in [-0.39, 0.29) is 35.2 Å². The normalized spacial score (nSPS) is 12.0. The molecule has 0 saturated carbocycles. The molecule has 0 saturated heterocycles. The van der Waals surface area contributed by atoms with Gasteiger partial charge in [-0.15, -0.1) is 0 Å². The highest BCUT2D eigenvalue weighted by Crippen LogP contribution is 2.28.